The normalized spacial score (nSPS) is 16.8. The lowest BCUT2D eigenvalue weighted by Crippen LogP contribution is -1.94. The Morgan fingerprint density at radius 1 is 1.27 bits per heavy atom. The number of hydrogen-bond donors (Lipinski definition) is 0. The molecule has 2 nitrogen and oxygen atoms in total. The van der Waals surface area contributed by atoms with Crippen LogP contribution in [0.25, 0.3) is 0 Å². The van der Waals surface area contributed by atoms with Gasteiger partial charge in [-0.2, -0.15) is 10.5 Å². The van der Waals surface area contributed by atoms with Gasteiger partial charge in [-0.25, -0.2) is 0 Å². The summed E-state index contributed by atoms with van der Waals surface area (Å²) in [4.78, 5) is 0. The van der Waals surface area contributed by atoms with Crippen LogP contribution >= 0.6 is 0 Å². The molecule has 0 spiro atoms. The molecule has 0 aromatic carbocycles. The van der Waals surface area contributed by atoms with Crippen LogP contribution in [0.5, 0.6) is 0 Å². The fourth-order valence-electron chi connectivity index (χ4n) is 1.08. The lowest BCUT2D eigenvalue weighted by molar-refractivity contribution is 0.921. The Kier molecular flexibility index (Phi) is 2.09. The van der Waals surface area contributed by atoms with E-state index in [-0.39, 0.29) is 0 Å². The zero-order valence-electron chi connectivity index (χ0n) is 6.39. The summed E-state index contributed by atoms with van der Waals surface area (Å²) in [6.45, 7) is 1.98. The maximum Gasteiger partial charge on any atom is 0.100 e. The van der Waals surface area contributed by atoms with E-state index < -0.39 is 0 Å². The van der Waals surface area contributed by atoms with Crippen molar-refractivity contribution in [2.24, 2.45) is 0 Å². The summed E-state index contributed by atoms with van der Waals surface area (Å²) in [6.07, 6.45) is 3.43. The van der Waals surface area contributed by atoms with E-state index in [0.29, 0.717) is 11.1 Å². The quantitative estimate of drug-likeness (QED) is 0.522. The largest absolute Gasteiger partial charge is 0.193 e. The number of nitrogens with zero attached hydrogens (tertiary/aromatic N) is 2. The van der Waals surface area contributed by atoms with Gasteiger partial charge in [0, 0.05) is 5.57 Å². The molecule has 2 heteroatoms. The maximum atomic E-state index is 8.61. The van der Waals surface area contributed by atoms with Gasteiger partial charge in [-0.1, -0.05) is 5.57 Å². The van der Waals surface area contributed by atoms with Gasteiger partial charge < -0.3 is 0 Å². The minimum Gasteiger partial charge on any atom is -0.193 e. The van der Waals surface area contributed by atoms with Gasteiger partial charge in [0.05, 0.1) is 11.6 Å². The molecular formula is C9H8N2. The molecule has 0 radical (unpaired) electrons. The predicted molar refractivity (Wildman–Crippen MR) is 41.2 cm³/mol. The summed E-state index contributed by atoms with van der Waals surface area (Å²) < 4.78 is 0. The maximum absolute atomic E-state index is 8.61. The first kappa shape index (κ1) is 7.57. The van der Waals surface area contributed by atoms with Crippen LogP contribution in [0.15, 0.2) is 22.8 Å². The van der Waals surface area contributed by atoms with Crippen LogP contribution in [0, 0.1) is 22.7 Å². The third kappa shape index (κ3) is 1.48. The Balaban J connectivity index is 3.07. The molecule has 0 atom stereocenters. The van der Waals surface area contributed by atoms with E-state index in [9.17, 15) is 0 Å². The van der Waals surface area contributed by atoms with Gasteiger partial charge in [-0.3, -0.25) is 0 Å². The Hall–Kier alpha value is -1.54. The number of rotatable bonds is 0. The van der Waals surface area contributed by atoms with Gasteiger partial charge in [0.15, 0.2) is 0 Å². The predicted octanol–water partition coefficient (Wildman–Crippen LogP) is 2.07. The van der Waals surface area contributed by atoms with Crippen molar-refractivity contribution in [1.29, 1.82) is 10.5 Å². The summed E-state index contributed by atoms with van der Waals surface area (Å²) >= 11 is 0. The molecule has 0 saturated heterocycles. The van der Waals surface area contributed by atoms with Gasteiger partial charge in [-0.05, 0) is 25.8 Å². The molecule has 54 valence electrons. The molecule has 0 amide bonds. The molecule has 0 heterocycles. The highest BCUT2D eigenvalue weighted by Gasteiger charge is 2.09. The molecule has 0 unspecified atom stereocenters. The Morgan fingerprint density at radius 2 is 2.00 bits per heavy atom. The van der Waals surface area contributed by atoms with E-state index in [4.69, 9.17) is 10.5 Å². The third-order valence-electron chi connectivity index (χ3n) is 1.74. The van der Waals surface area contributed by atoms with Crippen molar-refractivity contribution in [3.63, 3.8) is 0 Å². The standard InChI is InChI=1S/C9H8N2/c1-7-2-3-8(5-10)9(4-7)6-11/h4H,2-3H2,1H3. The van der Waals surface area contributed by atoms with Crippen molar-refractivity contribution in [1.82, 2.24) is 0 Å². The average Bonchev–Trinajstić information content (AvgIpc) is 2.04. The second-order valence-electron chi connectivity index (χ2n) is 2.61. The second-order valence-corrected chi connectivity index (χ2v) is 2.61. The zero-order chi connectivity index (χ0) is 8.27. The van der Waals surface area contributed by atoms with Crippen LogP contribution in [0.1, 0.15) is 19.8 Å². The highest BCUT2D eigenvalue weighted by atomic mass is 14.3. The van der Waals surface area contributed by atoms with Gasteiger partial charge in [0.1, 0.15) is 6.07 Å². The third-order valence-corrected chi connectivity index (χ3v) is 1.74. The zero-order valence-corrected chi connectivity index (χ0v) is 6.39. The Bertz CT molecular complexity index is 307. The first-order valence-electron chi connectivity index (χ1n) is 3.48. The van der Waals surface area contributed by atoms with Crippen LogP contribution in [-0.4, -0.2) is 0 Å². The summed E-state index contributed by atoms with van der Waals surface area (Å²) in [7, 11) is 0. The van der Waals surface area contributed by atoms with Crippen LogP contribution in [0.4, 0.5) is 0 Å². The van der Waals surface area contributed by atoms with Gasteiger partial charge in [0.25, 0.3) is 0 Å². The van der Waals surface area contributed by atoms with Gasteiger partial charge in [-0.15, -0.1) is 0 Å². The molecule has 1 rings (SSSR count). The molecule has 0 saturated carbocycles. The van der Waals surface area contributed by atoms with E-state index in [2.05, 4.69) is 0 Å². The van der Waals surface area contributed by atoms with E-state index in [1.807, 2.05) is 19.1 Å². The summed E-state index contributed by atoms with van der Waals surface area (Å²) in [5.41, 5.74) is 2.34. The van der Waals surface area contributed by atoms with Crippen molar-refractivity contribution in [2.75, 3.05) is 0 Å². The minimum atomic E-state index is 0.538. The lowest BCUT2D eigenvalue weighted by Gasteiger charge is -2.07. The highest BCUT2D eigenvalue weighted by Crippen LogP contribution is 2.22. The van der Waals surface area contributed by atoms with Crippen LogP contribution in [0.3, 0.4) is 0 Å². The Morgan fingerprint density at radius 3 is 2.55 bits per heavy atom. The smallest absolute Gasteiger partial charge is 0.100 e. The number of allylic oxidation sites excluding steroid dienone is 4. The number of hydrogen-bond acceptors (Lipinski definition) is 2. The molecule has 0 bridgehead atoms. The molecule has 0 aliphatic heterocycles. The van der Waals surface area contributed by atoms with Crippen molar-refractivity contribution in [3.8, 4) is 12.1 Å². The molecule has 1 aliphatic carbocycles. The van der Waals surface area contributed by atoms with Crippen molar-refractivity contribution >= 4 is 0 Å². The molecule has 0 N–H and O–H groups in total. The molecule has 11 heavy (non-hydrogen) atoms. The monoisotopic (exact) mass is 144 g/mol. The first-order chi connectivity index (χ1) is 5.27. The molecule has 1 aliphatic rings. The van der Waals surface area contributed by atoms with Crippen molar-refractivity contribution in [2.45, 2.75) is 19.8 Å². The highest BCUT2D eigenvalue weighted by molar-refractivity contribution is 5.47. The average molecular weight is 144 g/mol. The fraction of sp³-hybridized carbons (Fsp3) is 0.333. The molecular weight excluding hydrogens is 136 g/mol. The van der Waals surface area contributed by atoms with Gasteiger partial charge in [0.2, 0.25) is 0 Å². The van der Waals surface area contributed by atoms with Crippen LogP contribution in [0.2, 0.25) is 0 Å². The minimum absolute atomic E-state index is 0.538. The van der Waals surface area contributed by atoms with Crippen molar-refractivity contribution < 1.29 is 0 Å². The van der Waals surface area contributed by atoms with E-state index in [0.717, 1.165) is 12.8 Å². The van der Waals surface area contributed by atoms with E-state index in [1.165, 1.54) is 5.57 Å². The fourth-order valence-corrected chi connectivity index (χ4v) is 1.08. The van der Waals surface area contributed by atoms with Crippen LogP contribution < -0.4 is 0 Å². The SMILES string of the molecule is CC1=CC(C#N)=C(C#N)CC1. The summed E-state index contributed by atoms with van der Waals surface area (Å²) in [5.74, 6) is 0. The molecule has 0 fully saturated rings. The summed E-state index contributed by atoms with van der Waals surface area (Å²) in [6, 6.07) is 4.05. The van der Waals surface area contributed by atoms with E-state index in [1.54, 1.807) is 6.08 Å². The second kappa shape index (κ2) is 3.03. The van der Waals surface area contributed by atoms with Crippen LogP contribution in [-0.2, 0) is 0 Å². The van der Waals surface area contributed by atoms with E-state index >= 15 is 0 Å². The lowest BCUT2D eigenvalue weighted by atomic mass is 9.95. The topological polar surface area (TPSA) is 47.6 Å². The Labute approximate surface area is 66.1 Å². The number of nitriles is 2. The van der Waals surface area contributed by atoms with Gasteiger partial charge >= 0.3 is 0 Å². The summed E-state index contributed by atoms with van der Waals surface area (Å²) in [5, 5.41) is 17.2. The molecule has 0 aromatic heterocycles. The molecule has 0 aromatic rings. The first-order valence-corrected chi connectivity index (χ1v) is 3.48. The van der Waals surface area contributed by atoms with Crippen molar-refractivity contribution in [3.05, 3.63) is 22.8 Å².